The highest BCUT2D eigenvalue weighted by atomic mass is 16.5. The summed E-state index contributed by atoms with van der Waals surface area (Å²) in [7, 11) is 0. The Morgan fingerprint density at radius 1 is 0.727 bits per heavy atom. The van der Waals surface area contributed by atoms with Gasteiger partial charge in [0, 0.05) is 30.5 Å². The minimum absolute atomic E-state index is 0.0113. The second kappa shape index (κ2) is 13.1. The highest BCUT2D eigenvalue weighted by Gasteiger charge is 2.72. The molecule has 0 aromatic heterocycles. The van der Waals surface area contributed by atoms with Crippen LogP contribution in [-0.4, -0.2) is 61.1 Å². The summed E-state index contributed by atoms with van der Waals surface area (Å²) < 4.78 is 12.0. The summed E-state index contributed by atoms with van der Waals surface area (Å²) in [5, 5.41) is 3.65. The molecule has 308 valence electrons. The van der Waals surface area contributed by atoms with Gasteiger partial charge in [0.15, 0.2) is 0 Å². The van der Waals surface area contributed by atoms with Crippen LogP contribution in [-0.2, 0) is 23.9 Å². The van der Waals surface area contributed by atoms with E-state index in [2.05, 4.69) is 81.1 Å². The summed E-state index contributed by atoms with van der Waals surface area (Å²) in [6, 6.07) is 0.0173. The van der Waals surface area contributed by atoms with Gasteiger partial charge in [0.05, 0.1) is 24.5 Å². The quantitative estimate of drug-likeness (QED) is 0.216. The van der Waals surface area contributed by atoms with E-state index in [4.69, 9.17) is 9.47 Å². The second-order valence-corrected chi connectivity index (χ2v) is 23.3. The van der Waals surface area contributed by atoms with Gasteiger partial charge in [-0.25, -0.2) is 0 Å². The van der Waals surface area contributed by atoms with Gasteiger partial charge >= 0.3 is 5.97 Å². The molecule has 7 aliphatic carbocycles. The van der Waals surface area contributed by atoms with Crippen molar-refractivity contribution in [3.63, 3.8) is 0 Å². The maximum atomic E-state index is 15.0. The molecule has 8 rings (SSSR count). The van der Waals surface area contributed by atoms with Crippen molar-refractivity contribution in [1.29, 1.82) is 0 Å². The molecule has 0 aromatic carbocycles. The number of esters is 1. The number of fused-ring (bicyclic) bond motifs is 7. The molecule has 8 aliphatic rings. The summed E-state index contributed by atoms with van der Waals surface area (Å²) in [6.45, 7) is 31.0. The van der Waals surface area contributed by atoms with Crippen molar-refractivity contribution in [2.24, 2.45) is 79.3 Å². The maximum absolute atomic E-state index is 15.0. The van der Waals surface area contributed by atoms with Crippen molar-refractivity contribution in [1.82, 2.24) is 10.2 Å². The van der Waals surface area contributed by atoms with E-state index in [-0.39, 0.29) is 79.7 Å². The van der Waals surface area contributed by atoms with Crippen molar-refractivity contribution in [3.8, 4) is 0 Å². The number of ether oxygens (including phenoxy) is 2. The zero-order chi connectivity index (χ0) is 39.7. The molecule has 55 heavy (non-hydrogen) atoms. The van der Waals surface area contributed by atoms with Gasteiger partial charge in [0.25, 0.3) is 0 Å². The SMILES string of the molecule is C=C(C)[C@@H]1CC[C@]2(C(=O)N[C@H]3C[C@@H](C(=O)N4CCOCC4)C3(C)C)CC[C@]3(C)[C@H](CC[C@@H]4[C@@]5(C)CC[C@H](OC(=O)[C@@H]6CCC6(C)C)C(C)(C)[C@@H]5CC[C@]43C)[C@@H]12. The first-order valence-electron chi connectivity index (χ1n) is 22.7. The highest BCUT2D eigenvalue weighted by Crippen LogP contribution is 2.77. The monoisotopic (exact) mass is 761 g/mol. The normalized spacial score (nSPS) is 47.7. The third-order valence-corrected chi connectivity index (χ3v) is 20.2. The molecular weight excluding hydrogens is 685 g/mol. The molecule has 0 unspecified atom stereocenters. The molecule has 2 amide bonds. The summed E-state index contributed by atoms with van der Waals surface area (Å²) in [6.07, 6.45) is 13.7. The molecular formula is C48H76N2O5. The molecule has 0 bridgehead atoms. The number of carbonyl (C=O) groups is 3. The predicted octanol–water partition coefficient (Wildman–Crippen LogP) is 9.38. The molecule has 0 spiro atoms. The molecule has 1 aliphatic heterocycles. The zero-order valence-electron chi connectivity index (χ0n) is 36.4. The fourth-order valence-corrected chi connectivity index (χ4v) is 16.1. The number of amides is 2. The number of nitrogens with one attached hydrogen (secondary N) is 1. The summed E-state index contributed by atoms with van der Waals surface area (Å²) in [5.41, 5.74) is 1.14. The smallest absolute Gasteiger partial charge is 0.309 e. The molecule has 8 fully saturated rings. The average molecular weight is 761 g/mol. The Bertz CT molecular complexity index is 1590. The fraction of sp³-hybridized carbons (Fsp3) is 0.896. The Kier molecular flexibility index (Phi) is 9.47. The summed E-state index contributed by atoms with van der Waals surface area (Å²) in [4.78, 5) is 44.0. The van der Waals surface area contributed by atoms with Crippen LogP contribution in [0.3, 0.4) is 0 Å². The van der Waals surface area contributed by atoms with E-state index in [0.29, 0.717) is 55.9 Å². The van der Waals surface area contributed by atoms with Gasteiger partial charge < -0.3 is 19.7 Å². The Balaban J connectivity index is 1.01. The summed E-state index contributed by atoms with van der Waals surface area (Å²) >= 11 is 0. The van der Waals surface area contributed by atoms with Crippen LogP contribution in [0.15, 0.2) is 12.2 Å². The van der Waals surface area contributed by atoms with Crippen LogP contribution < -0.4 is 5.32 Å². The van der Waals surface area contributed by atoms with Crippen LogP contribution in [0, 0.1) is 79.3 Å². The van der Waals surface area contributed by atoms with Gasteiger partial charge in [-0.15, -0.1) is 0 Å². The van der Waals surface area contributed by atoms with Gasteiger partial charge in [-0.2, -0.15) is 0 Å². The van der Waals surface area contributed by atoms with Crippen LogP contribution in [0.1, 0.15) is 153 Å². The molecule has 0 radical (unpaired) electrons. The van der Waals surface area contributed by atoms with Gasteiger partial charge in [0.2, 0.25) is 11.8 Å². The van der Waals surface area contributed by atoms with Gasteiger partial charge in [-0.3, -0.25) is 14.4 Å². The fourth-order valence-electron chi connectivity index (χ4n) is 16.1. The largest absolute Gasteiger partial charge is 0.462 e. The van der Waals surface area contributed by atoms with E-state index in [0.717, 1.165) is 57.8 Å². The molecule has 13 atom stereocenters. The lowest BCUT2D eigenvalue weighted by atomic mass is 9.32. The first-order chi connectivity index (χ1) is 25.6. The van der Waals surface area contributed by atoms with E-state index in [9.17, 15) is 9.59 Å². The number of nitrogens with zero attached hydrogens (tertiary/aromatic N) is 1. The number of allylic oxidation sites excluding steroid dienone is 1. The topological polar surface area (TPSA) is 84.9 Å². The van der Waals surface area contributed by atoms with Gasteiger partial charge in [-0.1, -0.05) is 74.5 Å². The molecule has 1 saturated heterocycles. The Labute approximate surface area is 333 Å². The number of hydrogen-bond acceptors (Lipinski definition) is 5. The first kappa shape index (κ1) is 39.9. The van der Waals surface area contributed by atoms with Crippen molar-refractivity contribution in [2.45, 2.75) is 165 Å². The molecule has 7 nitrogen and oxygen atoms in total. The number of hydrogen-bond donors (Lipinski definition) is 1. The van der Waals surface area contributed by atoms with Crippen LogP contribution in [0.2, 0.25) is 0 Å². The van der Waals surface area contributed by atoms with E-state index in [1.807, 2.05) is 4.90 Å². The van der Waals surface area contributed by atoms with Gasteiger partial charge in [0.1, 0.15) is 6.10 Å². The lowest BCUT2D eigenvalue weighted by molar-refractivity contribution is -0.250. The summed E-state index contributed by atoms with van der Waals surface area (Å²) in [5.74, 6) is 2.83. The molecule has 7 saturated carbocycles. The van der Waals surface area contributed by atoms with Gasteiger partial charge in [-0.05, 0) is 147 Å². The Hall–Kier alpha value is -1.89. The maximum Gasteiger partial charge on any atom is 0.309 e. The van der Waals surface area contributed by atoms with Crippen molar-refractivity contribution >= 4 is 17.8 Å². The standard InChI is InChI=1S/C48H76N2O5/c1-29(2)30-14-21-48(41(53)49-36-28-33(43(36,5)6)39(51)50-24-26-54-27-25-50)23-22-46(10)31(38(30)48)12-13-35-45(9)19-17-37(55-40(52)32-15-18-42(32,3)4)44(7,8)34(45)16-20-47(35,46)11/h30-38H,1,12-28H2,2-11H3,(H,49,53)/t30-,31+,32-,33-,34-,35+,36-,37-,38+,45-,46+,47+,48-/m0/s1. The molecule has 0 aromatic rings. The number of carbonyl (C=O) groups excluding carboxylic acids is 3. The van der Waals surface area contributed by atoms with E-state index < -0.39 is 0 Å². The molecule has 1 N–H and O–H groups in total. The van der Waals surface area contributed by atoms with Crippen molar-refractivity contribution in [2.75, 3.05) is 26.3 Å². The van der Waals surface area contributed by atoms with Crippen LogP contribution in [0.4, 0.5) is 0 Å². The van der Waals surface area contributed by atoms with E-state index in [1.165, 1.54) is 31.3 Å². The Morgan fingerprint density at radius 3 is 2.05 bits per heavy atom. The third-order valence-electron chi connectivity index (χ3n) is 20.2. The minimum atomic E-state index is -0.369. The zero-order valence-corrected chi connectivity index (χ0v) is 36.4. The lowest BCUT2D eigenvalue weighted by Crippen LogP contribution is -2.68. The molecule has 1 heterocycles. The van der Waals surface area contributed by atoms with Crippen LogP contribution in [0.25, 0.3) is 0 Å². The Morgan fingerprint density at radius 2 is 1.44 bits per heavy atom. The third kappa shape index (κ3) is 5.58. The minimum Gasteiger partial charge on any atom is -0.462 e. The number of rotatable bonds is 6. The average Bonchev–Trinajstić information content (AvgIpc) is 3.52. The number of morpholine rings is 1. The lowest BCUT2D eigenvalue weighted by Gasteiger charge is -2.73. The van der Waals surface area contributed by atoms with Crippen molar-refractivity contribution < 1.29 is 23.9 Å². The van der Waals surface area contributed by atoms with Crippen LogP contribution >= 0.6 is 0 Å². The van der Waals surface area contributed by atoms with Crippen LogP contribution in [0.5, 0.6) is 0 Å². The molecule has 7 heteroatoms. The first-order valence-corrected chi connectivity index (χ1v) is 22.7. The predicted molar refractivity (Wildman–Crippen MR) is 217 cm³/mol. The van der Waals surface area contributed by atoms with E-state index in [1.54, 1.807) is 0 Å². The second-order valence-electron chi connectivity index (χ2n) is 23.3. The van der Waals surface area contributed by atoms with E-state index >= 15 is 4.79 Å². The highest BCUT2D eigenvalue weighted by molar-refractivity contribution is 5.86. The van der Waals surface area contributed by atoms with Crippen molar-refractivity contribution in [3.05, 3.63) is 12.2 Å².